The number of rotatable bonds is 2. The number of Topliss-reactive ketones (excluding diaryl/α,β-unsaturated/α-hetero) is 1. The van der Waals surface area contributed by atoms with Gasteiger partial charge in [-0.2, -0.15) is 18.4 Å². The van der Waals surface area contributed by atoms with Gasteiger partial charge in [0.15, 0.2) is 5.78 Å². The average Bonchev–Trinajstić information content (AvgIpc) is 2.89. The molecular formula is C24H16F5NO. The first-order valence-electron chi connectivity index (χ1n) is 9.73. The molecule has 31 heavy (non-hydrogen) atoms. The van der Waals surface area contributed by atoms with E-state index < -0.39 is 40.7 Å². The van der Waals surface area contributed by atoms with Gasteiger partial charge in [-0.15, -0.1) is 0 Å². The van der Waals surface area contributed by atoms with Crippen molar-refractivity contribution in [2.24, 2.45) is 5.92 Å². The molecule has 158 valence electrons. The molecule has 0 saturated carbocycles. The highest BCUT2D eigenvalue weighted by Crippen LogP contribution is 2.49. The molecule has 1 unspecified atom stereocenters. The lowest BCUT2D eigenvalue weighted by molar-refractivity contribution is -0.119. The smallest absolute Gasteiger partial charge is 0.293 e. The minimum atomic E-state index is -4.88. The average molecular weight is 429 g/mol. The van der Waals surface area contributed by atoms with Gasteiger partial charge in [0, 0.05) is 6.07 Å². The van der Waals surface area contributed by atoms with Crippen LogP contribution in [-0.4, -0.2) is 12.0 Å². The molecule has 0 N–H and O–H groups in total. The summed E-state index contributed by atoms with van der Waals surface area (Å²) in [6.45, 7) is 0. The SMILES string of the molecule is N#CC1=C(C(F)(F)F)C2=C(c3ccccc3CCC2)C(Cc2ccc(F)cc2F)C1=O. The first kappa shape index (κ1) is 21.0. The van der Waals surface area contributed by atoms with E-state index in [0.717, 1.165) is 11.6 Å². The Morgan fingerprint density at radius 3 is 2.48 bits per heavy atom. The molecule has 0 saturated heterocycles. The van der Waals surface area contributed by atoms with Crippen LogP contribution in [0.5, 0.6) is 0 Å². The quantitative estimate of drug-likeness (QED) is 0.560. The van der Waals surface area contributed by atoms with Crippen molar-refractivity contribution in [2.45, 2.75) is 31.9 Å². The predicted octanol–water partition coefficient (Wildman–Crippen LogP) is 5.88. The number of hydrogen-bond donors (Lipinski definition) is 0. The standard InChI is InChI=1S/C24H16F5NO/c25-15-9-8-14(20(26)11-15)10-18-21-16-6-2-1-4-13(16)5-3-7-17(21)22(24(27,28)29)19(12-30)23(18)31/h1-2,4,6,8-9,11,18H,3,5,7,10H2. The Labute approximate surface area is 175 Å². The lowest BCUT2D eigenvalue weighted by atomic mass is 9.72. The zero-order valence-electron chi connectivity index (χ0n) is 16.2. The maximum atomic E-state index is 14.4. The second-order valence-corrected chi connectivity index (χ2v) is 7.62. The summed E-state index contributed by atoms with van der Waals surface area (Å²) in [7, 11) is 0. The Morgan fingerprint density at radius 2 is 1.81 bits per heavy atom. The van der Waals surface area contributed by atoms with Crippen LogP contribution in [0.4, 0.5) is 22.0 Å². The number of fused-ring (bicyclic) bond motifs is 2. The molecule has 2 aromatic rings. The maximum Gasteiger partial charge on any atom is 0.418 e. The number of benzene rings is 2. The summed E-state index contributed by atoms with van der Waals surface area (Å²) in [6, 6.07) is 11.2. The fraction of sp³-hybridized carbons (Fsp3) is 0.250. The summed E-state index contributed by atoms with van der Waals surface area (Å²) >= 11 is 0. The van der Waals surface area contributed by atoms with Crippen molar-refractivity contribution in [3.63, 3.8) is 0 Å². The van der Waals surface area contributed by atoms with Crippen molar-refractivity contribution < 1.29 is 26.7 Å². The van der Waals surface area contributed by atoms with Crippen LogP contribution in [0.15, 0.2) is 59.2 Å². The lowest BCUT2D eigenvalue weighted by Crippen LogP contribution is -2.31. The van der Waals surface area contributed by atoms with Crippen molar-refractivity contribution in [3.05, 3.63) is 87.5 Å². The van der Waals surface area contributed by atoms with Gasteiger partial charge in [0.2, 0.25) is 0 Å². The van der Waals surface area contributed by atoms with Gasteiger partial charge in [0.25, 0.3) is 0 Å². The Morgan fingerprint density at radius 1 is 1.06 bits per heavy atom. The zero-order valence-corrected chi connectivity index (χ0v) is 16.2. The van der Waals surface area contributed by atoms with Gasteiger partial charge in [-0.3, -0.25) is 4.79 Å². The van der Waals surface area contributed by atoms with Crippen LogP contribution in [0.2, 0.25) is 0 Å². The van der Waals surface area contributed by atoms with Crippen LogP contribution in [0, 0.1) is 28.9 Å². The zero-order chi connectivity index (χ0) is 22.3. The summed E-state index contributed by atoms with van der Waals surface area (Å²) in [6.07, 6.45) is -4.18. The molecule has 7 heteroatoms. The molecule has 4 rings (SSSR count). The second kappa shape index (κ2) is 7.77. The molecule has 0 amide bonds. The van der Waals surface area contributed by atoms with Crippen LogP contribution in [-0.2, 0) is 17.6 Å². The van der Waals surface area contributed by atoms with Crippen LogP contribution >= 0.6 is 0 Å². The van der Waals surface area contributed by atoms with Gasteiger partial charge in [0.05, 0.1) is 11.5 Å². The van der Waals surface area contributed by atoms with E-state index in [-0.39, 0.29) is 29.6 Å². The molecule has 0 radical (unpaired) electrons. The summed E-state index contributed by atoms with van der Waals surface area (Å²) in [5.41, 5.74) is -0.725. The molecule has 1 atom stereocenters. The van der Waals surface area contributed by atoms with Crippen molar-refractivity contribution in [2.75, 3.05) is 0 Å². The van der Waals surface area contributed by atoms with Gasteiger partial charge in [-0.05, 0) is 59.6 Å². The number of hydrogen-bond acceptors (Lipinski definition) is 2. The minimum Gasteiger partial charge on any atom is -0.293 e. The molecule has 2 aromatic carbocycles. The highest BCUT2D eigenvalue weighted by Gasteiger charge is 2.47. The molecule has 2 aliphatic carbocycles. The number of allylic oxidation sites excluding steroid dienone is 4. The third-order valence-corrected chi connectivity index (χ3v) is 5.80. The Bertz CT molecular complexity index is 1180. The van der Waals surface area contributed by atoms with Gasteiger partial charge >= 0.3 is 6.18 Å². The monoisotopic (exact) mass is 429 g/mol. The largest absolute Gasteiger partial charge is 0.418 e. The van der Waals surface area contributed by atoms with Crippen LogP contribution in [0.1, 0.15) is 29.5 Å². The van der Waals surface area contributed by atoms with Crippen LogP contribution in [0.3, 0.4) is 0 Å². The summed E-state index contributed by atoms with van der Waals surface area (Å²) < 4.78 is 69.7. The fourth-order valence-electron chi connectivity index (χ4n) is 4.52. The van der Waals surface area contributed by atoms with E-state index in [2.05, 4.69) is 0 Å². The fourth-order valence-corrected chi connectivity index (χ4v) is 4.52. The number of nitrogens with zero attached hydrogens (tertiary/aromatic N) is 1. The predicted molar refractivity (Wildman–Crippen MR) is 104 cm³/mol. The highest BCUT2D eigenvalue weighted by molar-refractivity contribution is 6.12. The first-order valence-corrected chi connectivity index (χ1v) is 9.73. The number of nitriles is 1. The van der Waals surface area contributed by atoms with Crippen LogP contribution in [0.25, 0.3) is 5.57 Å². The van der Waals surface area contributed by atoms with E-state index in [1.54, 1.807) is 24.3 Å². The molecule has 0 aliphatic heterocycles. The summed E-state index contributed by atoms with van der Waals surface area (Å²) in [5, 5.41) is 9.45. The van der Waals surface area contributed by atoms with E-state index in [4.69, 9.17) is 0 Å². The van der Waals surface area contributed by atoms with Crippen molar-refractivity contribution >= 4 is 11.4 Å². The topological polar surface area (TPSA) is 40.9 Å². The number of aryl methyl sites for hydroxylation is 1. The van der Waals surface area contributed by atoms with Gasteiger partial charge in [-0.1, -0.05) is 30.3 Å². The van der Waals surface area contributed by atoms with Crippen molar-refractivity contribution in [1.82, 2.24) is 0 Å². The van der Waals surface area contributed by atoms with Crippen molar-refractivity contribution in [3.8, 4) is 6.07 Å². The Kier molecular flexibility index (Phi) is 5.26. The van der Waals surface area contributed by atoms with Gasteiger partial charge in [0.1, 0.15) is 23.3 Å². The van der Waals surface area contributed by atoms with E-state index in [9.17, 15) is 32.0 Å². The number of carbonyl (C=O) groups is 1. The molecule has 0 heterocycles. The number of halogens is 5. The third-order valence-electron chi connectivity index (χ3n) is 5.80. The van der Waals surface area contributed by atoms with E-state index in [1.165, 1.54) is 12.1 Å². The number of carbonyl (C=O) groups excluding carboxylic acids is 1. The molecule has 2 aliphatic rings. The molecular weight excluding hydrogens is 413 g/mol. The van der Waals surface area contributed by atoms with E-state index >= 15 is 0 Å². The Balaban J connectivity index is 1.98. The second-order valence-electron chi connectivity index (χ2n) is 7.62. The lowest BCUT2D eigenvalue weighted by Gasteiger charge is -2.31. The molecule has 0 aromatic heterocycles. The molecule has 0 spiro atoms. The minimum absolute atomic E-state index is 0.000997. The van der Waals surface area contributed by atoms with Crippen molar-refractivity contribution in [1.29, 1.82) is 5.26 Å². The highest BCUT2D eigenvalue weighted by atomic mass is 19.4. The molecule has 2 nitrogen and oxygen atoms in total. The van der Waals surface area contributed by atoms with Crippen LogP contribution < -0.4 is 0 Å². The molecule has 0 bridgehead atoms. The number of alkyl halides is 3. The third kappa shape index (κ3) is 3.67. The van der Waals surface area contributed by atoms with Gasteiger partial charge in [-0.25, -0.2) is 8.78 Å². The Hall–Kier alpha value is -3.27. The van der Waals surface area contributed by atoms with Gasteiger partial charge < -0.3 is 0 Å². The summed E-state index contributed by atoms with van der Waals surface area (Å²) in [4.78, 5) is 13.2. The molecule has 0 fully saturated rings. The van der Waals surface area contributed by atoms with E-state index in [1.807, 2.05) is 0 Å². The maximum absolute atomic E-state index is 14.4. The normalized spacial score (nSPS) is 19.0. The first-order chi connectivity index (χ1) is 14.7. The van der Waals surface area contributed by atoms with E-state index in [0.29, 0.717) is 24.5 Å². The number of ketones is 1. The summed E-state index contributed by atoms with van der Waals surface area (Å²) in [5.74, 6) is -3.85.